The van der Waals surface area contributed by atoms with Crippen LogP contribution >= 0.6 is 0 Å². The Kier molecular flexibility index (Phi) is 10.0. The number of rotatable bonds is 3. The molecular weight excluding hydrogens is 425 g/mol. The third-order valence-corrected chi connectivity index (χ3v) is 6.41. The maximum Gasteiger partial charge on any atom is 0.416 e. The standard InChI is InChI=1S/C28H37F3O2/c1-19(2)25-16-15-21(4)11-6-9-20(3)10-7-12-22(5)17-26(25)33-27(32)23-13-8-14-24(18-23)28(29,30)31/h7-8,11,13-14,18-19,22,25-26H,6,9,12,15-17H2,1-5H3/b21-11+/t10?,22-,25?,26?/m1/s1. The molecule has 0 heterocycles. The largest absolute Gasteiger partial charge is 0.458 e. The van der Waals surface area contributed by atoms with Gasteiger partial charge in [0, 0.05) is 0 Å². The van der Waals surface area contributed by atoms with Crippen molar-refractivity contribution in [1.29, 1.82) is 0 Å². The summed E-state index contributed by atoms with van der Waals surface area (Å²) in [6.07, 6.45) is 4.68. The summed E-state index contributed by atoms with van der Waals surface area (Å²) >= 11 is 0. The Hall–Kier alpha value is -2.26. The maximum atomic E-state index is 13.1. The van der Waals surface area contributed by atoms with E-state index in [0.29, 0.717) is 6.42 Å². The molecule has 2 rings (SSSR count). The van der Waals surface area contributed by atoms with E-state index in [1.807, 2.05) is 0 Å². The summed E-state index contributed by atoms with van der Waals surface area (Å²) in [6, 6.07) is 4.48. The van der Waals surface area contributed by atoms with Gasteiger partial charge < -0.3 is 4.74 Å². The van der Waals surface area contributed by atoms with E-state index >= 15 is 0 Å². The van der Waals surface area contributed by atoms with Crippen molar-refractivity contribution in [2.75, 3.05) is 0 Å². The lowest BCUT2D eigenvalue weighted by Gasteiger charge is -2.32. The van der Waals surface area contributed by atoms with Gasteiger partial charge in [0.25, 0.3) is 0 Å². The van der Waals surface area contributed by atoms with Crippen LogP contribution in [0.25, 0.3) is 0 Å². The third kappa shape index (κ3) is 8.89. The SMILES string of the molecule is CC1=C=CC[C@@H](C)CC(OC(=O)c2cccc(C(F)(F)F)c2)C(C(C)C)CC/C(C)=C/CC1. The summed E-state index contributed by atoms with van der Waals surface area (Å²) in [4.78, 5) is 12.9. The molecule has 0 bridgehead atoms. The van der Waals surface area contributed by atoms with Gasteiger partial charge in [0.15, 0.2) is 0 Å². The van der Waals surface area contributed by atoms with Crippen LogP contribution in [0.3, 0.4) is 0 Å². The van der Waals surface area contributed by atoms with Gasteiger partial charge in [-0.1, -0.05) is 38.5 Å². The molecule has 0 N–H and O–H groups in total. The number of halogens is 3. The Morgan fingerprint density at radius 2 is 1.91 bits per heavy atom. The fourth-order valence-corrected chi connectivity index (χ4v) is 4.32. The van der Waals surface area contributed by atoms with Crippen molar-refractivity contribution in [2.45, 2.75) is 85.4 Å². The zero-order valence-electron chi connectivity index (χ0n) is 20.5. The molecule has 0 amide bonds. The molecule has 1 aliphatic rings. The highest BCUT2D eigenvalue weighted by molar-refractivity contribution is 5.89. The van der Waals surface area contributed by atoms with Crippen molar-refractivity contribution >= 4 is 5.97 Å². The van der Waals surface area contributed by atoms with Crippen LogP contribution in [-0.4, -0.2) is 12.1 Å². The molecule has 0 fully saturated rings. The molecule has 5 heteroatoms. The van der Waals surface area contributed by atoms with E-state index in [1.54, 1.807) is 0 Å². The van der Waals surface area contributed by atoms with Gasteiger partial charge >= 0.3 is 12.1 Å². The Morgan fingerprint density at radius 1 is 1.18 bits per heavy atom. The summed E-state index contributed by atoms with van der Waals surface area (Å²) in [7, 11) is 0. The lowest BCUT2D eigenvalue weighted by Crippen LogP contribution is -2.32. The van der Waals surface area contributed by atoms with Gasteiger partial charge in [-0.3, -0.25) is 0 Å². The molecule has 0 aromatic heterocycles. The first-order valence-electron chi connectivity index (χ1n) is 11.9. The fourth-order valence-electron chi connectivity index (χ4n) is 4.32. The second-order valence-corrected chi connectivity index (χ2v) is 9.76. The van der Waals surface area contributed by atoms with Crippen molar-refractivity contribution in [3.8, 4) is 0 Å². The average molecular weight is 463 g/mol. The van der Waals surface area contributed by atoms with Crippen molar-refractivity contribution in [2.24, 2.45) is 17.8 Å². The van der Waals surface area contributed by atoms with E-state index < -0.39 is 17.7 Å². The normalized spacial score (nSPS) is 25.1. The van der Waals surface area contributed by atoms with E-state index in [2.05, 4.69) is 52.5 Å². The highest BCUT2D eigenvalue weighted by Crippen LogP contribution is 2.33. The van der Waals surface area contributed by atoms with Gasteiger partial charge in [-0.15, -0.1) is 5.73 Å². The van der Waals surface area contributed by atoms with Gasteiger partial charge in [-0.05, 0) is 100.0 Å². The summed E-state index contributed by atoms with van der Waals surface area (Å²) in [5.41, 5.74) is 4.99. The number of hydrogen-bond acceptors (Lipinski definition) is 2. The number of hydrogen-bond donors (Lipinski definition) is 0. The number of benzene rings is 1. The topological polar surface area (TPSA) is 26.3 Å². The van der Waals surface area contributed by atoms with E-state index in [4.69, 9.17) is 4.74 Å². The number of allylic oxidation sites excluding steroid dienone is 3. The summed E-state index contributed by atoms with van der Waals surface area (Å²) in [6.45, 7) is 10.6. The van der Waals surface area contributed by atoms with Crippen molar-refractivity contribution < 1.29 is 22.7 Å². The first kappa shape index (κ1) is 27.0. The molecule has 2 nitrogen and oxygen atoms in total. The van der Waals surface area contributed by atoms with Gasteiger partial charge in [0.1, 0.15) is 6.10 Å². The van der Waals surface area contributed by atoms with E-state index in [1.165, 1.54) is 23.3 Å². The second-order valence-electron chi connectivity index (χ2n) is 9.76. The zero-order valence-corrected chi connectivity index (χ0v) is 20.5. The molecule has 3 atom stereocenters. The predicted octanol–water partition coefficient (Wildman–Crippen LogP) is 8.54. The van der Waals surface area contributed by atoms with Crippen LogP contribution in [0.4, 0.5) is 13.2 Å². The van der Waals surface area contributed by atoms with Crippen molar-refractivity contribution in [1.82, 2.24) is 0 Å². The molecule has 1 aromatic rings. The summed E-state index contributed by atoms with van der Waals surface area (Å²) in [5, 5.41) is 0. The molecular formula is C28H37F3O2. The second kappa shape index (κ2) is 12.3. The van der Waals surface area contributed by atoms with E-state index in [-0.39, 0.29) is 29.4 Å². The molecule has 2 unspecified atom stereocenters. The van der Waals surface area contributed by atoms with Gasteiger partial charge in [-0.25, -0.2) is 4.79 Å². The third-order valence-electron chi connectivity index (χ3n) is 6.41. The molecule has 0 aliphatic heterocycles. The monoisotopic (exact) mass is 462 g/mol. The number of ether oxygens (including phenoxy) is 1. The van der Waals surface area contributed by atoms with E-state index in [0.717, 1.165) is 44.2 Å². The first-order valence-corrected chi connectivity index (χ1v) is 11.9. The number of carbonyl (C=O) groups is 1. The molecule has 1 aromatic carbocycles. The summed E-state index contributed by atoms with van der Waals surface area (Å²) in [5.74, 6) is -0.0429. The lowest BCUT2D eigenvalue weighted by atomic mass is 9.81. The minimum atomic E-state index is -4.50. The molecule has 33 heavy (non-hydrogen) atoms. The average Bonchev–Trinajstić information content (AvgIpc) is 2.72. The van der Waals surface area contributed by atoms with Gasteiger partial charge in [0.05, 0.1) is 11.1 Å². The predicted molar refractivity (Wildman–Crippen MR) is 127 cm³/mol. The quantitative estimate of drug-likeness (QED) is 0.256. The van der Waals surface area contributed by atoms with Gasteiger partial charge in [-0.2, -0.15) is 13.2 Å². The van der Waals surface area contributed by atoms with Crippen molar-refractivity contribution in [3.63, 3.8) is 0 Å². The highest BCUT2D eigenvalue weighted by atomic mass is 19.4. The van der Waals surface area contributed by atoms with Crippen LogP contribution in [0.15, 0.2) is 53.3 Å². The van der Waals surface area contributed by atoms with Crippen molar-refractivity contribution in [3.05, 3.63) is 64.4 Å². The lowest BCUT2D eigenvalue weighted by molar-refractivity contribution is -0.137. The number of alkyl halides is 3. The van der Waals surface area contributed by atoms with Crippen LogP contribution < -0.4 is 0 Å². The van der Waals surface area contributed by atoms with Crippen LogP contribution in [0.5, 0.6) is 0 Å². The first-order chi connectivity index (χ1) is 15.5. The Bertz CT molecular complexity index is 889. The van der Waals surface area contributed by atoms with Crippen LogP contribution in [-0.2, 0) is 10.9 Å². The minimum absolute atomic E-state index is 0.0612. The maximum absolute atomic E-state index is 13.1. The molecule has 0 radical (unpaired) electrons. The Balaban J connectivity index is 2.31. The smallest absolute Gasteiger partial charge is 0.416 e. The van der Waals surface area contributed by atoms with Crippen LogP contribution in [0.2, 0.25) is 0 Å². The molecule has 182 valence electrons. The molecule has 0 saturated carbocycles. The number of esters is 1. The summed E-state index contributed by atoms with van der Waals surface area (Å²) < 4.78 is 45.3. The Morgan fingerprint density at radius 3 is 2.58 bits per heavy atom. The van der Waals surface area contributed by atoms with E-state index in [9.17, 15) is 18.0 Å². The zero-order chi connectivity index (χ0) is 24.6. The van der Waals surface area contributed by atoms with Gasteiger partial charge in [0.2, 0.25) is 0 Å². The number of carbonyl (C=O) groups excluding carboxylic acids is 1. The highest BCUT2D eigenvalue weighted by Gasteiger charge is 2.33. The molecule has 0 saturated heterocycles. The van der Waals surface area contributed by atoms with Crippen LogP contribution in [0.1, 0.15) is 89.1 Å². The molecule has 1 aliphatic carbocycles. The fraction of sp³-hybridized carbons (Fsp3) is 0.571. The minimum Gasteiger partial charge on any atom is -0.458 e. The molecule has 0 spiro atoms. The Labute approximate surface area is 196 Å². The van der Waals surface area contributed by atoms with Crippen LogP contribution in [0, 0.1) is 17.8 Å².